The molecule has 2 N–H and O–H groups in total. The molecule has 0 fully saturated rings. The van der Waals surface area contributed by atoms with Crippen LogP contribution >= 0.6 is 23.2 Å². The fourth-order valence-corrected chi connectivity index (χ4v) is 2.72. The van der Waals surface area contributed by atoms with Crippen LogP contribution in [0.15, 0.2) is 47.5 Å². The average molecular weight is 360 g/mol. The molecule has 0 spiro atoms. The van der Waals surface area contributed by atoms with E-state index in [1.165, 1.54) is 0 Å². The smallest absolute Gasteiger partial charge is 0.258 e. The first-order valence-corrected chi connectivity index (χ1v) is 8.28. The summed E-state index contributed by atoms with van der Waals surface area (Å²) >= 11 is 11.3. The molecule has 1 aromatic heterocycles. The third-order valence-corrected chi connectivity index (χ3v) is 4.51. The van der Waals surface area contributed by atoms with Crippen LogP contribution < -0.4 is 10.3 Å². The number of sulfonamides is 1. The van der Waals surface area contributed by atoms with Crippen molar-refractivity contribution in [3.8, 4) is 0 Å². The van der Waals surface area contributed by atoms with Crippen LogP contribution in [0.2, 0.25) is 10.2 Å². The molecule has 0 unspecified atom stereocenters. The van der Waals surface area contributed by atoms with E-state index in [0.29, 0.717) is 0 Å². The lowest BCUT2D eigenvalue weighted by Crippen LogP contribution is -2.42. The fourth-order valence-electron chi connectivity index (χ4n) is 1.56. The summed E-state index contributed by atoms with van der Waals surface area (Å²) in [5.74, 6) is -0.497. The molecular formula is C13H11Cl2N3O3S. The molecular weight excluding hydrogens is 349 g/mol. The van der Waals surface area contributed by atoms with Gasteiger partial charge >= 0.3 is 0 Å². The molecule has 0 aliphatic heterocycles. The van der Waals surface area contributed by atoms with Crippen molar-refractivity contribution in [3.63, 3.8) is 0 Å². The van der Waals surface area contributed by atoms with Crippen molar-refractivity contribution >= 4 is 39.1 Å². The molecule has 0 saturated heterocycles. The number of pyridine rings is 1. The van der Waals surface area contributed by atoms with E-state index >= 15 is 0 Å². The van der Waals surface area contributed by atoms with Gasteiger partial charge in [0.1, 0.15) is 10.0 Å². The van der Waals surface area contributed by atoms with Gasteiger partial charge in [-0.1, -0.05) is 53.5 Å². The second-order valence-electron chi connectivity index (χ2n) is 4.26. The number of hydrazine groups is 1. The van der Waals surface area contributed by atoms with Gasteiger partial charge in [0.2, 0.25) is 5.91 Å². The van der Waals surface area contributed by atoms with E-state index in [1.54, 1.807) is 24.3 Å². The van der Waals surface area contributed by atoms with Gasteiger partial charge < -0.3 is 0 Å². The predicted octanol–water partition coefficient (Wildman–Crippen LogP) is 1.94. The van der Waals surface area contributed by atoms with Crippen molar-refractivity contribution in [2.24, 2.45) is 0 Å². The summed E-state index contributed by atoms with van der Waals surface area (Å²) < 4.78 is 24.0. The van der Waals surface area contributed by atoms with Crippen LogP contribution in [-0.2, 0) is 21.2 Å². The molecule has 22 heavy (non-hydrogen) atoms. The van der Waals surface area contributed by atoms with E-state index in [0.717, 1.165) is 17.8 Å². The Balaban J connectivity index is 2.00. The summed E-state index contributed by atoms with van der Waals surface area (Å²) in [7, 11) is -3.97. The lowest BCUT2D eigenvalue weighted by atomic mass is 10.1. The lowest BCUT2D eigenvalue weighted by Gasteiger charge is -2.08. The molecule has 116 valence electrons. The number of rotatable bonds is 5. The Morgan fingerprint density at radius 3 is 2.50 bits per heavy atom. The molecule has 0 aliphatic carbocycles. The SMILES string of the molecule is O=C(Cc1ccccc1)NNS(=O)(=O)c1cnc(Cl)c(Cl)c1. The van der Waals surface area contributed by atoms with Crippen LogP contribution in [-0.4, -0.2) is 19.3 Å². The summed E-state index contributed by atoms with van der Waals surface area (Å²) in [5.41, 5.74) is 2.88. The number of carbonyl (C=O) groups excluding carboxylic acids is 1. The summed E-state index contributed by atoms with van der Waals surface area (Å²) in [6, 6.07) is 10.1. The zero-order valence-corrected chi connectivity index (χ0v) is 13.4. The highest BCUT2D eigenvalue weighted by atomic mass is 35.5. The molecule has 0 atom stereocenters. The Morgan fingerprint density at radius 1 is 1.18 bits per heavy atom. The van der Waals surface area contributed by atoms with Crippen LogP contribution in [0.3, 0.4) is 0 Å². The minimum atomic E-state index is -3.97. The van der Waals surface area contributed by atoms with Crippen LogP contribution in [0, 0.1) is 0 Å². The van der Waals surface area contributed by atoms with Crippen LogP contribution in [0.25, 0.3) is 0 Å². The molecule has 2 rings (SSSR count). The number of nitrogens with zero attached hydrogens (tertiary/aromatic N) is 1. The molecule has 0 radical (unpaired) electrons. The maximum Gasteiger partial charge on any atom is 0.258 e. The highest BCUT2D eigenvalue weighted by molar-refractivity contribution is 7.89. The molecule has 1 amide bonds. The number of carbonyl (C=O) groups is 1. The van der Waals surface area contributed by atoms with Gasteiger partial charge in [0.05, 0.1) is 11.4 Å². The van der Waals surface area contributed by atoms with Gasteiger partial charge in [-0.15, -0.1) is 4.83 Å². The van der Waals surface area contributed by atoms with Crippen molar-refractivity contribution in [2.75, 3.05) is 0 Å². The summed E-state index contributed by atoms with van der Waals surface area (Å²) in [4.78, 5) is 17.1. The van der Waals surface area contributed by atoms with Crippen molar-refractivity contribution in [2.45, 2.75) is 11.3 Å². The third kappa shape index (κ3) is 4.41. The van der Waals surface area contributed by atoms with Crippen molar-refractivity contribution in [1.29, 1.82) is 0 Å². The van der Waals surface area contributed by atoms with Gasteiger partial charge in [-0.3, -0.25) is 10.2 Å². The summed E-state index contributed by atoms with van der Waals surface area (Å²) in [6.45, 7) is 0. The molecule has 0 saturated carbocycles. The molecule has 1 aromatic carbocycles. The second kappa shape index (κ2) is 7.06. The molecule has 9 heteroatoms. The second-order valence-corrected chi connectivity index (χ2v) is 6.71. The first-order valence-electron chi connectivity index (χ1n) is 6.04. The normalized spacial score (nSPS) is 11.2. The Kier molecular flexibility index (Phi) is 5.36. The average Bonchev–Trinajstić information content (AvgIpc) is 2.49. The number of amides is 1. The van der Waals surface area contributed by atoms with Crippen molar-refractivity contribution in [1.82, 2.24) is 15.2 Å². The van der Waals surface area contributed by atoms with E-state index in [4.69, 9.17) is 23.2 Å². The maximum atomic E-state index is 12.0. The topological polar surface area (TPSA) is 88.2 Å². The van der Waals surface area contributed by atoms with Crippen molar-refractivity contribution in [3.05, 3.63) is 58.3 Å². The van der Waals surface area contributed by atoms with E-state index in [-0.39, 0.29) is 21.5 Å². The number of hydrogen-bond donors (Lipinski definition) is 2. The van der Waals surface area contributed by atoms with Gasteiger partial charge in [0, 0.05) is 6.20 Å². The number of halogens is 2. The Labute approximate surface area is 137 Å². The van der Waals surface area contributed by atoms with E-state index in [2.05, 4.69) is 10.4 Å². The van der Waals surface area contributed by atoms with Gasteiger partial charge in [-0.05, 0) is 11.6 Å². The third-order valence-electron chi connectivity index (χ3n) is 2.61. The summed E-state index contributed by atoms with van der Waals surface area (Å²) in [5, 5.41) is -0.00566. The highest BCUT2D eigenvalue weighted by Gasteiger charge is 2.17. The quantitative estimate of drug-likeness (QED) is 0.630. The van der Waals surface area contributed by atoms with Gasteiger partial charge in [-0.2, -0.15) is 0 Å². The van der Waals surface area contributed by atoms with Crippen LogP contribution in [0.4, 0.5) is 0 Å². The molecule has 6 nitrogen and oxygen atoms in total. The minimum Gasteiger partial charge on any atom is -0.277 e. The van der Waals surface area contributed by atoms with E-state index in [9.17, 15) is 13.2 Å². The first kappa shape index (κ1) is 16.7. The predicted molar refractivity (Wildman–Crippen MR) is 82.9 cm³/mol. The minimum absolute atomic E-state index is 0.000142. The number of nitrogens with one attached hydrogen (secondary N) is 2. The highest BCUT2D eigenvalue weighted by Crippen LogP contribution is 2.21. The molecule has 2 aromatic rings. The molecule has 0 aliphatic rings. The van der Waals surface area contributed by atoms with Gasteiger partial charge in [0.25, 0.3) is 10.0 Å². The van der Waals surface area contributed by atoms with Crippen LogP contribution in [0.1, 0.15) is 5.56 Å². The largest absolute Gasteiger partial charge is 0.277 e. The Hall–Kier alpha value is -1.67. The van der Waals surface area contributed by atoms with Crippen molar-refractivity contribution < 1.29 is 13.2 Å². The fraction of sp³-hybridized carbons (Fsp3) is 0.0769. The Bertz CT molecular complexity index is 782. The lowest BCUT2D eigenvalue weighted by molar-refractivity contribution is -0.120. The number of aromatic nitrogens is 1. The molecule has 1 heterocycles. The van der Waals surface area contributed by atoms with E-state index in [1.807, 2.05) is 10.9 Å². The van der Waals surface area contributed by atoms with Crippen LogP contribution in [0.5, 0.6) is 0 Å². The van der Waals surface area contributed by atoms with Gasteiger partial charge in [-0.25, -0.2) is 13.4 Å². The van der Waals surface area contributed by atoms with Gasteiger partial charge in [0.15, 0.2) is 0 Å². The molecule has 0 bridgehead atoms. The maximum absolute atomic E-state index is 12.0. The zero-order valence-electron chi connectivity index (χ0n) is 11.1. The number of benzene rings is 1. The Morgan fingerprint density at radius 2 is 1.86 bits per heavy atom. The zero-order chi connectivity index (χ0) is 16.2. The summed E-state index contributed by atoms with van der Waals surface area (Å²) in [6.07, 6.45) is 1.09. The monoisotopic (exact) mass is 359 g/mol. The first-order chi connectivity index (χ1) is 10.4. The number of hydrogen-bond acceptors (Lipinski definition) is 4. The van der Waals surface area contributed by atoms with E-state index < -0.39 is 15.9 Å². The standard InChI is InChI=1S/C13H11Cl2N3O3S/c14-11-7-10(8-16-13(11)15)22(20,21)18-17-12(19)6-9-4-2-1-3-5-9/h1-5,7-8,18H,6H2,(H,17,19).